The zero-order valence-corrected chi connectivity index (χ0v) is 9.93. The number of methoxy groups -OCH3 is 1. The van der Waals surface area contributed by atoms with Crippen molar-refractivity contribution in [1.29, 1.82) is 0 Å². The van der Waals surface area contributed by atoms with Crippen LogP contribution in [0.3, 0.4) is 0 Å². The number of aliphatic hydroxyl groups excluding tert-OH is 1. The molecule has 1 rings (SSSR count). The highest BCUT2D eigenvalue weighted by Gasteiger charge is 2.04. The molecular weight excluding hydrogens is 202 g/mol. The van der Waals surface area contributed by atoms with Crippen molar-refractivity contribution < 1.29 is 9.84 Å². The van der Waals surface area contributed by atoms with Crippen molar-refractivity contribution in [1.82, 2.24) is 4.90 Å². The number of rotatable bonds is 8. The van der Waals surface area contributed by atoms with Gasteiger partial charge < -0.3 is 9.84 Å². The average molecular weight is 223 g/mol. The molecule has 0 fully saturated rings. The van der Waals surface area contributed by atoms with Gasteiger partial charge in [-0.05, 0) is 12.0 Å². The van der Waals surface area contributed by atoms with Gasteiger partial charge in [-0.15, -0.1) is 0 Å². The first-order chi connectivity index (χ1) is 7.86. The molecular formula is C13H21NO2. The third-order valence-electron chi connectivity index (χ3n) is 2.49. The van der Waals surface area contributed by atoms with E-state index >= 15 is 0 Å². The van der Waals surface area contributed by atoms with Crippen LogP contribution in [0.25, 0.3) is 0 Å². The average Bonchev–Trinajstić information content (AvgIpc) is 2.31. The first-order valence-electron chi connectivity index (χ1n) is 5.73. The van der Waals surface area contributed by atoms with Gasteiger partial charge in [0.2, 0.25) is 0 Å². The lowest BCUT2D eigenvalue weighted by Gasteiger charge is -2.21. The largest absolute Gasteiger partial charge is 0.395 e. The molecule has 90 valence electrons. The summed E-state index contributed by atoms with van der Waals surface area (Å²) in [5.41, 5.74) is 1.29. The Kier molecular flexibility index (Phi) is 6.81. The predicted octanol–water partition coefficient (Wildman–Crippen LogP) is 1.52. The second kappa shape index (κ2) is 8.28. The number of benzene rings is 1. The summed E-state index contributed by atoms with van der Waals surface area (Å²) in [6, 6.07) is 10.3. The Bertz CT molecular complexity index is 264. The summed E-state index contributed by atoms with van der Waals surface area (Å²) in [6.45, 7) is 3.56. The zero-order chi connectivity index (χ0) is 11.6. The Morgan fingerprint density at radius 2 is 1.94 bits per heavy atom. The van der Waals surface area contributed by atoms with Crippen LogP contribution < -0.4 is 0 Å². The summed E-state index contributed by atoms with van der Waals surface area (Å²) in [7, 11) is 1.72. The molecule has 1 aromatic carbocycles. The standard InChI is InChI=1S/C13H21NO2/c1-16-11-5-8-14(9-10-15)12-13-6-3-2-4-7-13/h2-4,6-7,15H,5,8-12H2,1H3. The number of hydrogen-bond donors (Lipinski definition) is 1. The first-order valence-corrected chi connectivity index (χ1v) is 5.73. The fraction of sp³-hybridized carbons (Fsp3) is 0.538. The van der Waals surface area contributed by atoms with Crippen LogP contribution in [0.5, 0.6) is 0 Å². The lowest BCUT2D eigenvalue weighted by molar-refractivity contribution is 0.152. The molecule has 0 aliphatic carbocycles. The Morgan fingerprint density at radius 3 is 2.56 bits per heavy atom. The second-order valence-corrected chi connectivity index (χ2v) is 3.83. The SMILES string of the molecule is COCCCN(CCO)Cc1ccccc1. The fourth-order valence-corrected chi connectivity index (χ4v) is 1.69. The van der Waals surface area contributed by atoms with Gasteiger partial charge in [-0.3, -0.25) is 4.90 Å². The number of nitrogens with zero attached hydrogens (tertiary/aromatic N) is 1. The van der Waals surface area contributed by atoms with Crippen molar-refractivity contribution in [3.8, 4) is 0 Å². The van der Waals surface area contributed by atoms with Crippen LogP contribution in [0.1, 0.15) is 12.0 Å². The van der Waals surface area contributed by atoms with Gasteiger partial charge in [-0.2, -0.15) is 0 Å². The van der Waals surface area contributed by atoms with E-state index < -0.39 is 0 Å². The third-order valence-corrected chi connectivity index (χ3v) is 2.49. The van der Waals surface area contributed by atoms with Crippen LogP contribution in [-0.2, 0) is 11.3 Å². The molecule has 0 aliphatic rings. The molecule has 0 saturated carbocycles. The lowest BCUT2D eigenvalue weighted by Crippen LogP contribution is -2.28. The monoisotopic (exact) mass is 223 g/mol. The minimum absolute atomic E-state index is 0.208. The van der Waals surface area contributed by atoms with E-state index in [2.05, 4.69) is 17.0 Å². The molecule has 0 spiro atoms. The Morgan fingerprint density at radius 1 is 1.19 bits per heavy atom. The maximum Gasteiger partial charge on any atom is 0.0558 e. The molecule has 0 aromatic heterocycles. The van der Waals surface area contributed by atoms with Crippen LogP contribution in [0.4, 0.5) is 0 Å². The zero-order valence-electron chi connectivity index (χ0n) is 9.93. The molecule has 16 heavy (non-hydrogen) atoms. The molecule has 0 heterocycles. The van der Waals surface area contributed by atoms with E-state index in [1.807, 2.05) is 18.2 Å². The molecule has 0 unspecified atom stereocenters. The van der Waals surface area contributed by atoms with E-state index in [-0.39, 0.29) is 6.61 Å². The first kappa shape index (κ1) is 13.2. The van der Waals surface area contributed by atoms with Crippen LogP contribution in [0.2, 0.25) is 0 Å². The van der Waals surface area contributed by atoms with E-state index in [1.54, 1.807) is 7.11 Å². The van der Waals surface area contributed by atoms with Crippen molar-refractivity contribution in [2.45, 2.75) is 13.0 Å². The molecule has 0 saturated heterocycles. The van der Waals surface area contributed by atoms with Crippen LogP contribution in [0, 0.1) is 0 Å². The van der Waals surface area contributed by atoms with E-state index in [0.29, 0.717) is 0 Å². The van der Waals surface area contributed by atoms with Gasteiger partial charge in [-0.1, -0.05) is 30.3 Å². The highest BCUT2D eigenvalue weighted by molar-refractivity contribution is 5.14. The maximum absolute atomic E-state index is 9.00. The summed E-state index contributed by atoms with van der Waals surface area (Å²) >= 11 is 0. The summed E-state index contributed by atoms with van der Waals surface area (Å²) in [5.74, 6) is 0. The van der Waals surface area contributed by atoms with Crippen molar-refractivity contribution in [3.05, 3.63) is 35.9 Å². The summed E-state index contributed by atoms with van der Waals surface area (Å²) in [4.78, 5) is 2.24. The van der Waals surface area contributed by atoms with E-state index in [4.69, 9.17) is 9.84 Å². The van der Waals surface area contributed by atoms with Crippen LogP contribution in [0.15, 0.2) is 30.3 Å². The molecule has 0 amide bonds. The molecule has 1 aromatic rings. The maximum atomic E-state index is 9.00. The number of ether oxygens (including phenoxy) is 1. The molecule has 1 N–H and O–H groups in total. The smallest absolute Gasteiger partial charge is 0.0558 e. The molecule has 3 nitrogen and oxygen atoms in total. The number of hydrogen-bond acceptors (Lipinski definition) is 3. The Labute approximate surface area is 97.7 Å². The molecule has 3 heteroatoms. The van der Waals surface area contributed by atoms with Crippen molar-refractivity contribution in [3.63, 3.8) is 0 Å². The highest BCUT2D eigenvalue weighted by Crippen LogP contribution is 2.04. The van der Waals surface area contributed by atoms with E-state index in [0.717, 1.165) is 32.7 Å². The Balaban J connectivity index is 2.38. The van der Waals surface area contributed by atoms with Gasteiger partial charge in [-0.25, -0.2) is 0 Å². The van der Waals surface area contributed by atoms with Gasteiger partial charge in [0, 0.05) is 33.4 Å². The quantitative estimate of drug-likeness (QED) is 0.678. The summed E-state index contributed by atoms with van der Waals surface area (Å²) in [6.07, 6.45) is 1.00. The van der Waals surface area contributed by atoms with E-state index in [9.17, 15) is 0 Å². The van der Waals surface area contributed by atoms with E-state index in [1.165, 1.54) is 5.56 Å². The van der Waals surface area contributed by atoms with Crippen molar-refractivity contribution >= 4 is 0 Å². The fourth-order valence-electron chi connectivity index (χ4n) is 1.69. The van der Waals surface area contributed by atoms with Gasteiger partial charge in [0.25, 0.3) is 0 Å². The van der Waals surface area contributed by atoms with Crippen LogP contribution in [-0.4, -0.2) is 43.4 Å². The molecule has 0 bridgehead atoms. The normalized spacial score (nSPS) is 10.9. The van der Waals surface area contributed by atoms with Gasteiger partial charge in [0.1, 0.15) is 0 Å². The Hall–Kier alpha value is -0.900. The topological polar surface area (TPSA) is 32.7 Å². The molecule has 0 radical (unpaired) electrons. The van der Waals surface area contributed by atoms with Crippen molar-refractivity contribution in [2.75, 3.05) is 33.4 Å². The van der Waals surface area contributed by atoms with Gasteiger partial charge in [0.05, 0.1) is 6.61 Å². The van der Waals surface area contributed by atoms with Crippen LogP contribution >= 0.6 is 0 Å². The molecule has 0 atom stereocenters. The molecule has 0 aliphatic heterocycles. The third kappa shape index (κ3) is 5.26. The summed E-state index contributed by atoms with van der Waals surface area (Å²) in [5, 5.41) is 9.00. The minimum atomic E-state index is 0.208. The predicted molar refractivity (Wildman–Crippen MR) is 65.3 cm³/mol. The highest BCUT2D eigenvalue weighted by atomic mass is 16.5. The van der Waals surface area contributed by atoms with Crippen molar-refractivity contribution in [2.24, 2.45) is 0 Å². The van der Waals surface area contributed by atoms with Gasteiger partial charge in [0.15, 0.2) is 0 Å². The lowest BCUT2D eigenvalue weighted by atomic mass is 10.2. The second-order valence-electron chi connectivity index (χ2n) is 3.83. The summed E-state index contributed by atoms with van der Waals surface area (Å²) < 4.78 is 5.03. The minimum Gasteiger partial charge on any atom is -0.395 e. The van der Waals surface area contributed by atoms with Gasteiger partial charge >= 0.3 is 0 Å². The number of aliphatic hydroxyl groups is 1.